The standard InChI is InChI=1S/C18H21N3O8/c1-2-9-29-16(24)19-13-7-8-18(15(22)23,20(11-13)17(25)26)10-12-3-5-14(6-4-12)21(27)28/h2-6,13H,1,7-11H2,(H,19,24)(H,22,23)(H,25,26). The fraction of sp³-hybridized carbons (Fsp3) is 0.389. The van der Waals surface area contributed by atoms with Crippen LogP contribution in [-0.4, -0.2) is 62.9 Å². The lowest BCUT2D eigenvalue weighted by Crippen LogP contribution is -2.65. The number of amides is 2. The molecule has 1 aliphatic heterocycles. The van der Waals surface area contributed by atoms with Gasteiger partial charge in [-0.2, -0.15) is 0 Å². The number of ether oxygens (including phenoxy) is 1. The molecule has 0 bridgehead atoms. The molecule has 3 N–H and O–H groups in total. The van der Waals surface area contributed by atoms with Crippen molar-refractivity contribution in [3.8, 4) is 0 Å². The molecular formula is C18H21N3O8. The van der Waals surface area contributed by atoms with Crippen molar-refractivity contribution in [1.29, 1.82) is 0 Å². The van der Waals surface area contributed by atoms with Gasteiger partial charge in [0.25, 0.3) is 5.69 Å². The van der Waals surface area contributed by atoms with E-state index in [2.05, 4.69) is 11.9 Å². The molecule has 2 amide bonds. The van der Waals surface area contributed by atoms with Gasteiger partial charge in [-0.15, -0.1) is 0 Å². The first kappa shape index (κ1) is 21.7. The van der Waals surface area contributed by atoms with E-state index in [-0.39, 0.29) is 38.1 Å². The Hall–Kier alpha value is -3.63. The number of hydrogen-bond acceptors (Lipinski definition) is 6. The average Bonchev–Trinajstić information content (AvgIpc) is 2.67. The van der Waals surface area contributed by atoms with Gasteiger partial charge in [-0.25, -0.2) is 14.4 Å². The van der Waals surface area contributed by atoms with Crippen molar-refractivity contribution >= 4 is 23.8 Å². The lowest BCUT2D eigenvalue weighted by atomic mass is 9.80. The average molecular weight is 407 g/mol. The Bertz CT molecular complexity index is 810. The first-order chi connectivity index (χ1) is 13.7. The Morgan fingerprint density at radius 3 is 2.52 bits per heavy atom. The van der Waals surface area contributed by atoms with Crippen LogP contribution in [-0.2, 0) is 16.0 Å². The summed E-state index contributed by atoms with van der Waals surface area (Å²) in [6.07, 6.45) is -0.826. The summed E-state index contributed by atoms with van der Waals surface area (Å²) in [4.78, 5) is 46.6. The van der Waals surface area contributed by atoms with Gasteiger partial charge >= 0.3 is 18.2 Å². The summed E-state index contributed by atoms with van der Waals surface area (Å²) in [5.41, 5.74) is -1.47. The molecule has 1 heterocycles. The molecule has 2 unspecified atom stereocenters. The summed E-state index contributed by atoms with van der Waals surface area (Å²) in [6.45, 7) is 3.16. The number of rotatable bonds is 7. The zero-order chi connectivity index (χ0) is 21.6. The maximum absolute atomic E-state index is 12.1. The van der Waals surface area contributed by atoms with Crippen molar-refractivity contribution in [2.75, 3.05) is 13.2 Å². The van der Waals surface area contributed by atoms with Crippen LogP contribution in [0, 0.1) is 10.1 Å². The Kier molecular flexibility index (Phi) is 6.75. The maximum Gasteiger partial charge on any atom is 0.408 e. The molecule has 0 radical (unpaired) electrons. The lowest BCUT2D eigenvalue weighted by molar-refractivity contribution is -0.384. The molecule has 1 fully saturated rings. The molecule has 156 valence electrons. The van der Waals surface area contributed by atoms with E-state index >= 15 is 0 Å². The lowest BCUT2D eigenvalue weighted by Gasteiger charge is -2.45. The SMILES string of the molecule is C=CCOC(=O)NC1CCC(Cc2ccc([N+](=O)[O-])cc2)(C(=O)O)N(C(=O)O)C1. The van der Waals surface area contributed by atoms with Gasteiger partial charge in [0.2, 0.25) is 0 Å². The number of nitrogens with one attached hydrogen (secondary N) is 1. The van der Waals surface area contributed by atoms with Crippen LogP contribution in [0.1, 0.15) is 18.4 Å². The molecule has 1 saturated heterocycles. The fourth-order valence-corrected chi connectivity index (χ4v) is 3.31. The largest absolute Gasteiger partial charge is 0.479 e. The highest BCUT2D eigenvalue weighted by Gasteiger charge is 2.50. The second-order valence-corrected chi connectivity index (χ2v) is 6.60. The molecule has 11 heteroatoms. The second kappa shape index (κ2) is 9.04. The minimum Gasteiger partial charge on any atom is -0.479 e. The van der Waals surface area contributed by atoms with Crippen molar-refractivity contribution in [2.45, 2.75) is 30.8 Å². The minimum absolute atomic E-state index is 0.0135. The Morgan fingerprint density at radius 1 is 1.34 bits per heavy atom. The molecule has 1 aliphatic rings. The highest BCUT2D eigenvalue weighted by atomic mass is 16.6. The number of carbonyl (C=O) groups excluding carboxylic acids is 1. The minimum atomic E-state index is -1.76. The number of nitro benzene ring substituents is 1. The number of piperidine rings is 1. The molecule has 0 aromatic heterocycles. The molecule has 2 atom stereocenters. The Labute approximate surface area is 165 Å². The Morgan fingerprint density at radius 2 is 2.00 bits per heavy atom. The van der Waals surface area contributed by atoms with Crippen LogP contribution >= 0.6 is 0 Å². The van der Waals surface area contributed by atoms with Gasteiger partial charge in [-0.05, 0) is 18.4 Å². The number of nitrogens with zero attached hydrogens (tertiary/aromatic N) is 2. The summed E-state index contributed by atoms with van der Waals surface area (Å²) in [5, 5.41) is 32.8. The number of alkyl carbamates (subject to hydrolysis) is 1. The van der Waals surface area contributed by atoms with Gasteiger partial charge in [0.1, 0.15) is 12.1 Å². The summed E-state index contributed by atoms with van der Waals surface area (Å²) >= 11 is 0. The van der Waals surface area contributed by atoms with E-state index in [1.54, 1.807) is 0 Å². The van der Waals surface area contributed by atoms with Gasteiger partial charge in [0.15, 0.2) is 0 Å². The van der Waals surface area contributed by atoms with Crippen LogP contribution in [0.15, 0.2) is 36.9 Å². The first-order valence-electron chi connectivity index (χ1n) is 8.71. The number of hydrogen-bond donors (Lipinski definition) is 3. The van der Waals surface area contributed by atoms with Crippen molar-refractivity contribution in [2.24, 2.45) is 0 Å². The van der Waals surface area contributed by atoms with Crippen LogP contribution in [0.3, 0.4) is 0 Å². The van der Waals surface area contributed by atoms with E-state index in [9.17, 15) is 34.7 Å². The highest BCUT2D eigenvalue weighted by Crippen LogP contribution is 2.33. The normalized spacial score (nSPS) is 21.1. The maximum atomic E-state index is 12.1. The van der Waals surface area contributed by atoms with Crippen molar-refractivity contribution < 1.29 is 34.3 Å². The third kappa shape index (κ3) is 5.00. The third-order valence-electron chi connectivity index (χ3n) is 4.75. The van der Waals surface area contributed by atoms with Crippen LogP contribution in [0.25, 0.3) is 0 Å². The summed E-state index contributed by atoms with van der Waals surface area (Å²) < 4.78 is 4.81. The summed E-state index contributed by atoms with van der Waals surface area (Å²) in [7, 11) is 0. The van der Waals surface area contributed by atoms with Gasteiger partial charge < -0.3 is 20.3 Å². The van der Waals surface area contributed by atoms with Gasteiger partial charge in [-0.3, -0.25) is 15.0 Å². The van der Waals surface area contributed by atoms with E-state index in [0.29, 0.717) is 5.56 Å². The van der Waals surface area contributed by atoms with E-state index in [4.69, 9.17) is 4.74 Å². The molecule has 29 heavy (non-hydrogen) atoms. The molecule has 1 aromatic carbocycles. The zero-order valence-corrected chi connectivity index (χ0v) is 15.4. The number of nitro groups is 1. The monoisotopic (exact) mass is 407 g/mol. The molecule has 0 spiro atoms. The number of aliphatic carboxylic acids is 1. The molecular weight excluding hydrogens is 386 g/mol. The number of carboxylic acid groups (broad SMARTS) is 2. The van der Waals surface area contributed by atoms with Crippen LogP contribution < -0.4 is 5.32 Å². The van der Waals surface area contributed by atoms with Crippen molar-refractivity contribution in [3.63, 3.8) is 0 Å². The molecule has 1 aromatic rings. The van der Waals surface area contributed by atoms with Gasteiger partial charge in [-0.1, -0.05) is 24.8 Å². The van der Waals surface area contributed by atoms with Crippen LogP contribution in [0.5, 0.6) is 0 Å². The summed E-state index contributed by atoms with van der Waals surface area (Å²) in [6, 6.07) is 4.66. The first-order valence-corrected chi connectivity index (χ1v) is 8.71. The number of likely N-dealkylation sites (tertiary alicyclic amines) is 1. The number of carbonyl (C=O) groups is 3. The number of carboxylic acids is 1. The van der Waals surface area contributed by atoms with Gasteiger partial charge in [0, 0.05) is 25.1 Å². The molecule has 0 saturated carbocycles. The second-order valence-electron chi connectivity index (χ2n) is 6.60. The van der Waals surface area contributed by atoms with Crippen LogP contribution in [0.4, 0.5) is 15.3 Å². The molecule has 11 nitrogen and oxygen atoms in total. The van der Waals surface area contributed by atoms with E-state index in [1.165, 1.54) is 30.3 Å². The van der Waals surface area contributed by atoms with Gasteiger partial charge in [0.05, 0.1) is 11.0 Å². The smallest absolute Gasteiger partial charge is 0.408 e. The Balaban J connectivity index is 2.22. The molecule has 2 rings (SSSR count). The fourth-order valence-electron chi connectivity index (χ4n) is 3.31. The number of benzene rings is 1. The highest BCUT2D eigenvalue weighted by molar-refractivity contribution is 5.85. The molecule has 0 aliphatic carbocycles. The third-order valence-corrected chi connectivity index (χ3v) is 4.75. The summed E-state index contributed by atoms with van der Waals surface area (Å²) in [5.74, 6) is -1.33. The van der Waals surface area contributed by atoms with E-state index in [1.807, 2.05) is 0 Å². The predicted molar refractivity (Wildman–Crippen MR) is 99.6 cm³/mol. The predicted octanol–water partition coefficient (Wildman–Crippen LogP) is 2.02. The van der Waals surface area contributed by atoms with E-state index in [0.717, 1.165) is 4.90 Å². The van der Waals surface area contributed by atoms with Crippen molar-refractivity contribution in [3.05, 3.63) is 52.6 Å². The van der Waals surface area contributed by atoms with Crippen molar-refractivity contribution in [1.82, 2.24) is 10.2 Å². The van der Waals surface area contributed by atoms with Crippen LogP contribution in [0.2, 0.25) is 0 Å². The topological polar surface area (TPSA) is 159 Å². The quantitative estimate of drug-likeness (QED) is 0.351. The zero-order valence-electron chi connectivity index (χ0n) is 15.4. The van der Waals surface area contributed by atoms with E-state index < -0.39 is 34.7 Å². The number of non-ortho nitro benzene ring substituents is 1.